The highest BCUT2D eigenvalue weighted by Gasteiger charge is 2.28. The van der Waals surface area contributed by atoms with Gasteiger partial charge in [-0.1, -0.05) is 12.1 Å². The number of nitrogens with two attached hydrogens (primary N) is 1. The van der Waals surface area contributed by atoms with Crippen molar-refractivity contribution in [2.45, 2.75) is 45.4 Å². The first-order valence-electron chi connectivity index (χ1n) is 8.81. The van der Waals surface area contributed by atoms with Crippen molar-refractivity contribution in [3.05, 3.63) is 23.0 Å². The van der Waals surface area contributed by atoms with Crippen molar-refractivity contribution in [3.8, 4) is 0 Å². The molecule has 0 saturated carbocycles. The Morgan fingerprint density at radius 2 is 2.16 bits per heavy atom. The third kappa shape index (κ3) is 3.89. The molecule has 1 saturated heterocycles. The fourth-order valence-electron chi connectivity index (χ4n) is 3.38. The molecule has 0 spiro atoms. The molecule has 0 aromatic carbocycles. The molecule has 1 aliphatic heterocycles. The summed E-state index contributed by atoms with van der Waals surface area (Å²) < 4.78 is 10.6. The van der Waals surface area contributed by atoms with Gasteiger partial charge in [0.2, 0.25) is 11.8 Å². The second-order valence-electron chi connectivity index (χ2n) is 6.40. The second kappa shape index (κ2) is 7.77. The van der Waals surface area contributed by atoms with Crippen LogP contribution in [-0.4, -0.2) is 46.9 Å². The van der Waals surface area contributed by atoms with Crippen LogP contribution in [0.3, 0.4) is 0 Å². The van der Waals surface area contributed by atoms with Crippen molar-refractivity contribution in [2.24, 2.45) is 0 Å². The van der Waals surface area contributed by atoms with Gasteiger partial charge in [-0.05, 0) is 26.2 Å². The predicted molar refractivity (Wildman–Crippen MR) is 94.6 cm³/mol. The lowest BCUT2D eigenvalue weighted by Gasteiger charge is -2.33. The van der Waals surface area contributed by atoms with Crippen LogP contribution in [0.5, 0.6) is 0 Å². The summed E-state index contributed by atoms with van der Waals surface area (Å²) >= 11 is 0. The van der Waals surface area contributed by atoms with Gasteiger partial charge < -0.3 is 19.9 Å². The summed E-state index contributed by atoms with van der Waals surface area (Å²) in [6.07, 6.45) is 3.62. The third-order valence-corrected chi connectivity index (χ3v) is 4.65. The number of ether oxygens (including phenoxy) is 1. The molecule has 25 heavy (non-hydrogen) atoms. The lowest BCUT2D eigenvalue weighted by Crippen LogP contribution is -2.36. The minimum absolute atomic E-state index is 0.207. The van der Waals surface area contributed by atoms with Crippen LogP contribution >= 0.6 is 0 Å². The molecule has 8 nitrogen and oxygen atoms in total. The predicted octanol–water partition coefficient (Wildman–Crippen LogP) is 1.89. The SMILES string of the molecule is CCc1c(C)nc(N)nc1N1CCC[C@@H](c2nc(CCOC)no2)C1. The minimum Gasteiger partial charge on any atom is -0.384 e. The van der Waals surface area contributed by atoms with Crippen LogP contribution in [0.15, 0.2) is 4.52 Å². The first-order valence-corrected chi connectivity index (χ1v) is 8.81. The average Bonchev–Trinajstić information content (AvgIpc) is 3.08. The summed E-state index contributed by atoms with van der Waals surface area (Å²) in [5.41, 5.74) is 7.99. The molecular weight excluding hydrogens is 320 g/mol. The van der Waals surface area contributed by atoms with Crippen LogP contribution in [0.2, 0.25) is 0 Å². The monoisotopic (exact) mass is 346 g/mol. The number of nitrogen functional groups attached to an aromatic ring is 1. The number of methoxy groups -OCH3 is 1. The maximum Gasteiger partial charge on any atom is 0.231 e. The zero-order valence-electron chi connectivity index (χ0n) is 15.2. The summed E-state index contributed by atoms with van der Waals surface area (Å²) in [5, 5.41) is 4.06. The van der Waals surface area contributed by atoms with E-state index < -0.39 is 0 Å². The number of nitrogens with zero attached hydrogens (tertiary/aromatic N) is 5. The molecule has 2 aromatic heterocycles. The molecule has 1 atom stereocenters. The van der Waals surface area contributed by atoms with E-state index in [1.807, 2.05) is 6.92 Å². The third-order valence-electron chi connectivity index (χ3n) is 4.65. The van der Waals surface area contributed by atoms with Crippen molar-refractivity contribution in [1.82, 2.24) is 20.1 Å². The van der Waals surface area contributed by atoms with Crippen LogP contribution in [0, 0.1) is 6.92 Å². The molecule has 1 aliphatic rings. The van der Waals surface area contributed by atoms with E-state index in [4.69, 9.17) is 15.0 Å². The zero-order chi connectivity index (χ0) is 17.8. The van der Waals surface area contributed by atoms with Crippen molar-refractivity contribution >= 4 is 11.8 Å². The van der Waals surface area contributed by atoms with Crippen LogP contribution in [0.1, 0.15) is 48.7 Å². The van der Waals surface area contributed by atoms with Gasteiger partial charge in [0.05, 0.1) is 12.5 Å². The summed E-state index contributed by atoms with van der Waals surface area (Å²) in [6.45, 7) is 6.45. The number of hydrogen-bond donors (Lipinski definition) is 1. The van der Waals surface area contributed by atoms with Gasteiger partial charge in [-0.25, -0.2) is 4.98 Å². The topological polar surface area (TPSA) is 103 Å². The Balaban J connectivity index is 1.78. The van der Waals surface area contributed by atoms with E-state index in [0.29, 0.717) is 30.7 Å². The Hall–Kier alpha value is -2.22. The molecule has 3 heterocycles. The standard InChI is InChI=1S/C17H26N6O2/c1-4-13-11(2)19-17(18)21-15(13)23-8-5-6-12(10-23)16-20-14(22-25-16)7-9-24-3/h12H,4-10H2,1-3H3,(H2,18,19,21)/t12-/m1/s1. The van der Waals surface area contributed by atoms with Crippen molar-refractivity contribution < 1.29 is 9.26 Å². The van der Waals surface area contributed by atoms with Crippen molar-refractivity contribution in [3.63, 3.8) is 0 Å². The summed E-state index contributed by atoms with van der Waals surface area (Å²) in [6, 6.07) is 0. The fraction of sp³-hybridized carbons (Fsp3) is 0.647. The number of aryl methyl sites for hydroxylation is 1. The van der Waals surface area contributed by atoms with E-state index in [9.17, 15) is 0 Å². The molecule has 136 valence electrons. The number of hydrogen-bond acceptors (Lipinski definition) is 8. The van der Waals surface area contributed by atoms with Gasteiger partial charge in [0.15, 0.2) is 5.82 Å². The van der Waals surface area contributed by atoms with Gasteiger partial charge in [0.1, 0.15) is 5.82 Å². The molecule has 0 bridgehead atoms. The average molecular weight is 346 g/mol. The van der Waals surface area contributed by atoms with Gasteiger partial charge >= 0.3 is 0 Å². The maximum absolute atomic E-state index is 5.88. The van der Waals surface area contributed by atoms with Gasteiger partial charge in [0, 0.05) is 37.9 Å². The molecular formula is C17H26N6O2. The lowest BCUT2D eigenvalue weighted by molar-refractivity contribution is 0.199. The molecule has 2 aromatic rings. The quantitative estimate of drug-likeness (QED) is 0.845. The molecule has 0 amide bonds. The van der Waals surface area contributed by atoms with Gasteiger partial charge in [-0.3, -0.25) is 0 Å². The van der Waals surface area contributed by atoms with Crippen LogP contribution in [-0.2, 0) is 17.6 Å². The van der Waals surface area contributed by atoms with E-state index in [1.54, 1.807) is 7.11 Å². The van der Waals surface area contributed by atoms with Crippen LogP contribution < -0.4 is 10.6 Å². The Labute approximate surface area is 147 Å². The number of anilines is 2. The van der Waals surface area contributed by atoms with Crippen molar-refractivity contribution in [2.75, 3.05) is 37.4 Å². The molecule has 0 aliphatic carbocycles. The van der Waals surface area contributed by atoms with Gasteiger partial charge in [-0.2, -0.15) is 9.97 Å². The van der Waals surface area contributed by atoms with E-state index in [1.165, 1.54) is 0 Å². The lowest BCUT2D eigenvalue weighted by atomic mass is 9.97. The maximum atomic E-state index is 5.88. The van der Waals surface area contributed by atoms with Crippen LogP contribution in [0.4, 0.5) is 11.8 Å². The Kier molecular flexibility index (Phi) is 5.47. The van der Waals surface area contributed by atoms with Gasteiger partial charge in [-0.15, -0.1) is 0 Å². The summed E-state index contributed by atoms with van der Waals surface area (Å²) in [7, 11) is 1.67. The number of rotatable bonds is 6. The first kappa shape index (κ1) is 17.6. The Morgan fingerprint density at radius 1 is 1.32 bits per heavy atom. The van der Waals surface area contributed by atoms with E-state index in [2.05, 4.69) is 31.9 Å². The molecule has 8 heteroatoms. The van der Waals surface area contributed by atoms with Gasteiger partial charge in [0.25, 0.3) is 0 Å². The molecule has 0 radical (unpaired) electrons. The fourth-order valence-corrected chi connectivity index (χ4v) is 3.38. The Bertz CT molecular complexity index is 717. The number of piperidine rings is 1. The zero-order valence-corrected chi connectivity index (χ0v) is 15.2. The molecule has 0 unspecified atom stereocenters. The Morgan fingerprint density at radius 3 is 2.92 bits per heavy atom. The minimum atomic E-state index is 0.207. The number of aromatic nitrogens is 4. The molecule has 2 N–H and O–H groups in total. The summed E-state index contributed by atoms with van der Waals surface area (Å²) in [4.78, 5) is 15.6. The first-order chi connectivity index (χ1) is 12.1. The smallest absolute Gasteiger partial charge is 0.231 e. The highest BCUT2D eigenvalue weighted by molar-refractivity contribution is 5.52. The van der Waals surface area contributed by atoms with E-state index >= 15 is 0 Å². The normalized spacial score (nSPS) is 17.9. The van der Waals surface area contributed by atoms with Crippen LogP contribution in [0.25, 0.3) is 0 Å². The van der Waals surface area contributed by atoms with Crippen molar-refractivity contribution in [1.29, 1.82) is 0 Å². The second-order valence-corrected chi connectivity index (χ2v) is 6.40. The highest BCUT2D eigenvalue weighted by atomic mass is 16.5. The summed E-state index contributed by atoms with van der Waals surface area (Å²) in [5.74, 6) is 2.87. The van der Waals surface area contributed by atoms with E-state index in [0.717, 1.165) is 49.4 Å². The molecule has 1 fully saturated rings. The van der Waals surface area contributed by atoms with E-state index in [-0.39, 0.29) is 5.92 Å². The largest absolute Gasteiger partial charge is 0.384 e. The highest BCUT2D eigenvalue weighted by Crippen LogP contribution is 2.31. The molecule has 3 rings (SSSR count).